The van der Waals surface area contributed by atoms with Crippen molar-refractivity contribution in [3.63, 3.8) is 0 Å². The molecule has 102 valence electrons. The smallest absolute Gasteiger partial charge is 0.390 e. The number of hydrogen-bond donors (Lipinski definition) is 1. The van der Waals surface area contributed by atoms with Gasteiger partial charge < -0.3 is 5.11 Å². The summed E-state index contributed by atoms with van der Waals surface area (Å²) in [7, 11) is 0. The Kier molecular flexibility index (Phi) is 3.57. The molecule has 4 nitrogen and oxygen atoms in total. The van der Waals surface area contributed by atoms with Crippen LogP contribution in [-0.4, -0.2) is 20.1 Å². The van der Waals surface area contributed by atoms with Crippen LogP contribution in [0.15, 0.2) is 24.3 Å². The largest absolute Gasteiger partial charge is 0.435 e. The molecule has 0 bridgehead atoms. The first-order valence-corrected chi connectivity index (χ1v) is 5.69. The molecule has 7 heteroatoms. The molecule has 0 aliphatic heterocycles. The Labute approximate surface area is 107 Å². The van der Waals surface area contributed by atoms with Gasteiger partial charge in [0.2, 0.25) is 0 Å². The molecule has 0 saturated heterocycles. The summed E-state index contributed by atoms with van der Waals surface area (Å²) in [6, 6.07) is 6.55. The second kappa shape index (κ2) is 5.00. The average molecular weight is 271 g/mol. The van der Waals surface area contributed by atoms with Gasteiger partial charge in [-0.15, -0.1) is 5.10 Å². The molecule has 0 radical (unpaired) electrons. The van der Waals surface area contributed by atoms with Crippen LogP contribution in [0.1, 0.15) is 23.9 Å². The fraction of sp³-hybridized carbons (Fsp3) is 0.333. The molecule has 1 aromatic heterocycles. The third kappa shape index (κ3) is 2.60. The molecule has 0 atom stereocenters. The van der Waals surface area contributed by atoms with Crippen molar-refractivity contribution in [1.82, 2.24) is 15.0 Å². The van der Waals surface area contributed by atoms with Gasteiger partial charge in [0.15, 0.2) is 5.69 Å². The highest BCUT2D eigenvalue weighted by molar-refractivity contribution is 5.36. The zero-order valence-corrected chi connectivity index (χ0v) is 10.1. The van der Waals surface area contributed by atoms with Gasteiger partial charge in [-0.2, -0.15) is 13.2 Å². The normalized spacial score (nSPS) is 11.8. The summed E-state index contributed by atoms with van der Waals surface area (Å²) in [6.45, 7) is 1.15. The Morgan fingerprint density at radius 1 is 1.21 bits per heavy atom. The first kappa shape index (κ1) is 13.5. The van der Waals surface area contributed by atoms with Crippen LogP contribution in [0.4, 0.5) is 13.2 Å². The van der Waals surface area contributed by atoms with Crippen molar-refractivity contribution in [2.45, 2.75) is 26.1 Å². The minimum Gasteiger partial charge on any atom is -0.390 e. The molecule has 1 N–H and O–H groups in total. The van der Waals surface area contributed by atoms with Gasteiger partial charge in [-0.05, 0) is 24.1 Å². The van der Waals surface area contributed by atoms with E-state index in [1.807, 2.05) is 6.92 Å². The molecular weight excluding hydrogens is 259 g/mol. The summed E-state index contributed by atoms with van der Waals surface area (Å²) in [6.07, 6.45) is -3.82. The van der Waals surface area contributed by atoms with Crippen molar-refractivity contribution < 1.29 is 18.3 Å². The monoisotopic (exact) mass is 271 g/mol. The number of benzene rings is 1. The summed E-state index contributed by atoms with van der Waals surface area (Å²) >= 11 is 0. The minimum absolute atomic E-state index is 0.261. The van der Waals surface area contributed by atoms with Gasteiger partial charge >= 0.3 is 6.18 Å². The molecule has 1 heterocycles. The van der Waals surface area contributed by atoms with E-state index >= 15 is 0 Å². The average Bonchev–Trinajstić information content (AvgIpc) is 2.82. The van der Waals surface area contributed by atoms with Gasteiger partial charge in [0, 0.05) is 0 Å². The highest BCUT2D eigenvalue weighted by Gasteiger charge is 2.39. The lowest BCUT2D eigenvalue weighted by atomic mass is 10.1. The highest BCUT2D eigenvalue weighted by Crippen LogP contribution is 2.32. The van der Waals surface area contributed by atoms with Crippen molar-refractivity contribution in [2.75, 3.05) is 0 Å². The maximum atomic E-state index is 12.9. The Morgan fingerprint density at radius 3 is 2.32 bits per heavy atom. The van der Waals surface area contributed by atoms with Crippen LogP contribution >= 0.6 is 0 Å². The van der Waals surface area contributed by atoms with Crippen LogP contribution < -0.4 is 0 Å². The van der Waals surface area contributed by atoms with E-state index in [9.17, 15) is 13.2 Å². The highest BCUT2D eigenvalue weighted by atomic mass is 19.4. The molecule has 0 saturated carbocycles. The van der Waals surface area contributed by atoms with Gasteiger partial charge in [-0.25, -0.2) is 4.68 Å². The van der Waals surface area contributed by atoms with Gasteiger partial charge in [-0.3, -0.25) is 0 Å². The molecular formula is C12H12F3N3O. The predicted octanol–water partition coefficient (Wildman–Crippen LogP) is 2.34. The first-order chi connectivity index (χ1) is 8.97. The first-order valence-electron chi connectivity index (χ1n) is 5.69. The summed E-state index contributed by atoms with van der Waals surface area (Å²) < 4.78 is 39.5. The van der Waals surface area contributed by atoms with Crippen LogP contribution in [0.5, 0.6) is 0 Å². The molecule has 19 heavy (non-hydrogen) atoms. The number of alkyl halides is 3. The van der Waals surface area contributed by atoms with Crippen molar-refractivity contribution in [1.29, 1.82) is 0 Å². The number of aromatic nitrogens is 3. The Morgan fingerprint density at radius 2 is 1.84 bits per heavy atom. The summed E-state index contributed by atoms with van der Waals surface area (Å²) in [5.41, 5.74) is -0.247. The third-order valence-electron chi connectivity index (χ3n) is 2.75. The van der Waals surface area contributed by atoms with Crippen molar-refractivity contribution in [2.24, 2.45) is 0 Å². The second-order valence-corrected chi connectivity index (χ2v) is 3.97. The van der Waals surface area contributed by atoms with Crippen LogP contribution in [0.25, 0.3) is 5.69 Å². The van der Waals surface area contributed by atoms with E-state index in [4.69, 9.17) is 5.11 Å². The zero-order chi connectivity index (χ0) is 14.0. The lowest BCUT2D eigenvalue weighted by molar-refractivity contribution is -0.143. The van der Waals surface area contributed by atoms with Crippen LogP contribution in [0.3, 0.4) is 0 Å². The maximum Gasteiger partial charge on any atom is 0.435 e. The van der Waals surface area contributed by atoms with E-state index in [2.05, 4.69) is 10.3 Å². The van der Waals surface area contributed by atoms with Crippen LogP contribution in [0, 0.1) is 0 Å². The molecule has 1 aromatic carbocycles. The second-order valence-electron chi connectivity index (χ2n) is 3.97. The molecule has 2 aromatic rings. The number of aliphatic hydroxyl groups excluding tert-OH is 1. The van der Waals surface area contributed by atoms with Crippen molar-refractivity contribution >= 4 is 0 Å². The van der Waals surface area contributed by atoms with E-state index in [1.165, 1.54) is 0 Å². The Bertz CT molecular complexity index is 561. The Balaban J connectivity index is 2.52. The van der Waals surface area contributed by atoms with Crippen LogP contribution in [0.2, 0.25) is 0 Å². The van der Waals surface area contributed by atoms with Crippen LogP contribution in [-0.2, 0) is 19.2 Å². The van der Waals surface area contributed by atoms with Crippen molar-refractivity contribution in [3.8, 4) is 5.69 Å². The molecule has 0 amide bonds. The Hall–Kier alpha value is -1.89. The quantitative estimate of drug-likeness (QED) is 0.932. The predicted molar refractivity (Wildman–Crippen MR) is 61.7 cm³/mol. The number of halogens is 3. The van der Waals surface area contributed by atoms with Gasteiger partial charge in [0.1, 0.15) is 5.69 Å². The zero-order valence-electron chi connectivity index (χ0n) is 10.1. The fourth-order valence-corrected chi connectivity index (χ4v) is 1.76. The van der Waals surface area contributed by atoms with E-state index in [-0.39, 0.29) is 5.69 Å². The van der Waals surface area contributed by atoms with Gasteiger partial charge in [0.25, 0.3) is 0 Å². The number of nitrogens with zero attached hydrogens (tertiary/aromatic N) is 3. The van der Waals surface area contributed by atoms with Crippen molar-refractivity contribution in [3.05, 3.63) is 41.2 Å². The number of aryl methyl sites for hydroxylation is 1. The van der Waals surface area contributed by atoms with Gasteiger partial charge in [-0.1, -0.05) is 24.3 Å². The van der Waals surface area contributed by atoms with E-state index < -0.39 is 24.2 Å². The topological polar surface area (TPSA) is 50.9 Å². The SMILES string of the molecule is CCc1ccc(-n2nnc(CO)c2C(F)(F)F)cc1. The third-order valence-corrected chi connectivity index (χ3v) is 2.75. The minimum atomic E-state index is -4.62. The van der Waals surface area contributed by atoms with E-state index in [0.717, 1.165) is 12.0 Å². The lowest BCUT2D eigenvalue weighted by Gasteiger charge is -2.10. The molecule has 0 unspecified atom stereocenters. The number of hydrogen-bond acceptors (Lipinski definition) is 3. The fourth-order valence-electron chi connectivity index (χ4n) is 1.76. The maximum absolute atomic E-state index is 12.9. The van der Waals surface area contributed by atoms with Gasteiger partial charge in [0.05, 0.1) is 12.3 Å². The molecule has 2 rings (SSSR count). The molecule has 0 fully saturated rings. The summed E-state index contributed by atoms with van der Waals surface area (Å²) in [5.74, 6) is 0. The lowest BCUT2D eigenvalue weighted by Crippen LogP contribution is -2.15. The molecule has 0 aliphatic rings. The number of aliphatic hydroxyl groups is 1. The molecule has 0 aliphatic carbocycles. The standard InChI is InChI=1S/C12H12F3N3O/c1-2-8-3-5-9(6-4-8)18-11(12(13,14)15)10(7-19)16-17-18/h3-6,19H,2,7H2,1H3. The summed E-state index contributed by atoms with van der Waals surface area (Å²) in [4.78, 5) is 0. The van der Waals surface area contributed by atoms with E-state index in [0.29, 0.717) is 4.68 Å². The van der Waals surface area contributed by atoms with E-state index in [1.54, 1.807) is 24.3 Å². The summed E-state index contributed by atoms with van der Waals surface area (Å²) in [5, 5.41) is 15.7. The number of rotatable bonds is 3. The molecule has 0 spiro atoms.